The predicted molar refractivity (Wildman–Crippen MR) is 93.4 cm³/mol. The number of alkyl halides is 3. The van der Waals surface area contributed by atoms with Crippen molar-refractivity contribution in [3.8, 4) is 17.2 Å². The molecular formula is C16H15ClF3NO5S. The third-order valence-corrected chi connectivity index (χ3v) is 5.18. The maximum absolute atomic E-state index is 13.0. The summed E-state index contributed by atoms with van der Waals surface area (Å²) in [6, 6.07) is 4.91. The molecule has 11 heteroatoms. The molecule has 0 unspecified atom stereocenters. The van der Waals surface area contributed by atoms with Crippen molar-refractivity contribution in [1.82, 2.24) is 0 Å². The van der Waals surface area contributed by atoms with Crippen molar-refractivity contribution in [2.45, 2.75) is 11.1 Å². The van der Waals surface area contributed by atoms with Crippen LogP contribution in [0.4, 0.5) is 18.9 Å². The molecule has 0 saturated heterocycles. The summed E-state index contributed by atoms with van der Waals surface area (Å²) in [6.45, 7) is 0. The normalized spacial score (nSPS) is 11.8. The van der Waals surface area contributed by atoms with Crippen LogP contribution in [0.3, 0.4) is 0 Å². The lowest BCUT2D eigenvalue weighted by molar-refractivity contribution is -0.137. The number of hydrogen-bond donors (Lipinski definition) is 1. The van der Waals surface area contributed by atoms with Crippen molar-refractivity contribution < 1.29 is 35.8 Å². The van der Waals surface area contributed by atoms with Gasteiger partial charge in [-0.05, 0) is 18.2 Å². The highest BCUT2D eigenvalue weighted by molar-refractivity contribution is 7.92. The van der Waals surface area contributed by atoms with Gasteiger partial charge in [0.25, 0.3) is 10.0 Å². The molecule has 2 aromatic carbocycles. The minimum Gasteiger partial charge on any atom is -0.493 e. The van der Waals surface area contributed by atoms with E-state index in [-0.39, 0.29) is 22.9 Å². The highest BCUT2D eigenvalue weighted by Crippen LogP contribution is 2.41. The van der Waals surface area contributed by atoms with Gasteiger partial charge in [0.05, 0.1) is 42.5 Å². The van der Waals surface area contributed by atoms with Gasteiger partial charge in [-0.15, -0.1) is 0 Å². The number of hydrogen-bond acceptors (Lipinski definition) is 5. The van der Waals surface area contributed by atoms with Gasteiger partial charge in [0, 0.05) is 12.1 Å². The number of anilines is 1. The average Bonchev–Trinajstić information content (AvgIpc) is 2.59. The maximum atomic E-state index is 13.0. The molecule has 0 atom stereocenters. The van der Waals surface area contributed by atoms with Gasteiger partial charge in [-0.2, -0.15) is 13.2 Å². The fourth-order valence-corrected chi connectivity index (χ4v) is 3.53. The SMILES string of the molecule is COc1cc(NS(=O)(=O)c2ccc(Cl)c(C(F)(F)F)c2)cc(OC)c1OC. The lowest BCUT2D eigenvalue weighted by atomic mass is 10.2. The smallest absolute Gasteiger partial charge is 0.417 e. The molecule has 0 radical (unpaired) electrons. The summed E-state index contributed by atoms with van der Waals surface area (Å²) < 4.78 is 81.5. The van der Waals surface area contributed by atoms with E-state index in [0.29, 0.717) is 6.07 Å². The van der Waals surface area contributed by atoms with Gasteiger partial charge < -0.3 is 14.2 Å². The van der Waals surface area contributed by atoms with E-state index >= 15 is 0 Å². The summed E-state index contributed by atoms with van der Waals surface area (Å²) in [7, 11) is -0.296. The van der Waals surface area contributed by atoms with Crippen LogP contribution < -0.4 is 18.9 Å². The highest BCUT2D eigenvalue weighted by atomic mass is 35.5. The van der Waals surface area contributed by atoms with E-state index in [0.717, 1.165) is 12.1 Å². The molecule has 0 aromatic heterocycles. The number of rotatable bonds is 6. The van der Waals surface area contributed by atoms with Crippen LogP contribution in [0.15, 0.2) is 35.2 Å². The molecule has 0 fully saturated rings. The first kappa shape index (κ1) is 21.0. The second-order valence-electron chi connectivity index (χ2n) is 5.16. The minimum atomic E-state index is -4.80. The second-order valence-corrected chi connectivity index (χ2v) is 7.25. The van der Waals surface area contributed by atoms with Crippen molar-refractivity contribution in [2.24, 2.45) is 0 Å². The van der Waals surface area contributed by atoms with E-state index in [1.165, 1.54) is 33.5 Å². The standard InChI is InChI=1S/C16H15ClF3NO5S/c1-24-13-6-9(7-14(25-2)15(13)26-3)21-27(22,23)10-4-5-12(17)11(8-10)16(18,19)20/h4-8,21H,1-3H3. The van der Waals surface area contributed by atoms with Crippen LogP contribution >= 0.6 is 11.6 Å². The first-order valence-electron chi connectivity index (χ1n) is 7.23. The fraction of sp³-hybridized carbons (Fsp3) is 0.250. The van der Waals surface area contributed by atoms with E-state index in [4.69, 9.17) is 25.8 Å². The van der Waals surface area contributed by atoms with Crippen LogP contribution in [-0.4, -0.2) is 29.7 Å². The lowest BCUT2D eigenvalue weighted by Crippen LogP contribution is -2.15. The number of halogens is 4. The first-order valence-corrected chi connectivity index (χ1v) is 9.09. The molecule has 0 heterocycles. The summed E-state index contributed by atoms with van der Waals surface area (Å²) in [5.41, 5.74) is -1.25. The van der Waals surface area contributed by atoms with Crippen LogP contribution in [0.25, 0.3) is 0 Å². The third kappa shape index (κ3) is 4.51. The minimum absolute atomic E-state index is 0.00742. The summed E-state index contributed by atoms with van der Waals surface area (Å²) >= 11 is 5.52. The molecule has 0 saturated carbocycles. The van der Waals surface area contributed by atoms with Gasteiger partial charge in [-0.3, -0.25) is 4.72 Å². The van der Waals surface area contributed by atoms with Crippen molar-refractivity contribution in [1.29, 1.82) is 0 Å². The van der Waals surface area contributed by atoms with Crippen LogP contribution in [0.5, 0.6) is 17.2 Å². The van der Waals surface area contributed by atoms with E-state index in [1.807, 2.05) is 0 Å². The van der Waals surface area contributed by atoms with Crippen LogP contribution in [0.2, 0.25) is 5.02 Å². The average molecular weight is 426 g/mol. The number of sulfonamides is 1. The summed E-state index contributed by atoms with van der Waals surface area (Å²) in [4.78, 5) is -0.604. The Labute approximate surface area is 158 Å². The van der Waals surface area contributed by atoms with Gasteiger partial charge in [0.2, 0.25) is 5.75 Å². The lowest BCUT2D eigenvalue weighted by Gasteiger charge is -2.16. The molecule has 0 aliphatic heterocycles. The Morgan fingerprint density at radius 2 is 1.52 bits per heavy atom. The molecule has 0 amide bonds. The number of nitrogens with one attached hydrogen (secondary N) is 1. The van der Waals surface area contributed by atoms with Crippen LogP contribution in [0, 0.1) is 0 Å². The molecule has 0 spiro atoms. The Morgan fingerprint density at radius 1 is 0.963 bits per heavy atom. The molecule has 27 heavy (non-hydrogen) atoms. The zero-order valence-corrected chi connectivity index (χ0v) is 15.9. The molecule has 0 aliphatic carbocycles. The Hall–Kier alpha value is -2.33. The van der Waals surface area contributed by atoms with Crippen LogP contribution in [-0.2, 0) is 16.2 Å². The topological polar surface area (TPSA) is 73.9 Å². The van der Waals surface area contributed by atoms with E-state index in [2.05, 4.69) is 4.72 Å². The van der Waals surface area contributed by atoms with Gasteiger partial charge in [0.15, 0.2) is 11.5 Å². The highest BCUT2D eigenvalue weighted by Gasteiger charge is 2.34. The summed E-state index contributed by atoms with van der Waals surface area (Å²) in [6.07, 6.45) is -4.80. The molecule has 1 N–H and O–H groups in total. The van der Waals surface area contributed by atoms with Gasteiger partial charge in [-0.25, -0.2) is 8.42 Å². The van der Waals surface area contributed by atoms with E-state index < -0.39 is 31.7 Å². The first-order chi connectivity index (χ1) is 12.5. The second kappa shape index (κ2) is 7.73. The van der Waals surface area contributed by atoms with E-state index in [1.54, 1.807) is 0 Å². The predicted octanol–water partition coefficient (Wildman–Crippen LogP) is 4.19. The monoisotopic (exact) mass is 425 g/mol. The zero-order chi connectivity index (χ0) is 20.4. The Balaban J connectivity index is 2.48. The van der Waals surface area contributed by atoms with Gasteiger partial charge >= 0.3 is 6.18 Å². The molecule has 0 bridgehead atoms. The number of methoxy groups -OCH3 is 3. The third-order valence-electron chi connectivity index (χ3n) is 3.47. The van der Waals surface area contributed by atoms with Gasteiger partial charge in [0.1, 0.15) is 0 Å². The molecule has 2 rings (SSSR count). The quantitative estimate of drug-likeness (QED) is 0.751. The van der Waals surface area contributed by atoms with Crippen molar-refractivity contribution >= 4 is 27.3 Å². The van der Waals surface area contributed by atoms with Crippen molar-refractivity contribution in [3.63, 3.8) is 0 Å². The Bertz CT molecular complexity index is 923. The summed E-state index contributed by atoms with van der Waals surface area (Å²) in [5, 5.41) is -0.603. The van der Waals surface area contributed by atoms with Gasteiger partial charge in [-0.1, -0.05) is 11.6 Å². The Morgan fingerprint density at radius 3 is 1.96 bits per heavy atom. The Kier molecular flexibility index (Phi) is 6.01. The number of ether oxygens (including phenoxy) is 3. The molecular weight excluding hydrogens is 411 g/mol. The molecule has 0 aliphatic rings. The fourth-order valence-electron chi connectivity index (χ4n) is 2.24. The molecule has 6 nitrogen and oxygen atoms in total. The number of benzene rings is 2. The summed E-state index contributed by atoms with van der Waals surface area (Å²) in [5.74, 6) is 0.567. The zero-order valence-electron chi connectivity index (χ0n) is 14.3. The molecule has 2 aromatic rings. The van der Waals surface area contributed by atoms with E-state index in [9.17, 15) is 21.6 Å². The maximum Gasteiger partial charge on any atom is 0.417 e. The van der Waals surface area contributed by atoms with Crippen molar-refractivity contribution in [2.75, 3.05) is 26.1 Å². The largest absolute Gasteiger partial charge is 0.493 e. The van der Waals surface area contributed by atoms with Crippen LogP contribution in [0.1, 0.15) is 5.56 Å². The molecule has 148 valence electrons. The van der Waals surface area contributed by atoms with Crippen molar-refractivity contribution in [3.05, 3.63) is 40.9 Å².